The maximum Gasteiger partial charge on any atom is 0.419 e. The normalized spacial score (nSPS) is 21.6. The number of aromatic nitrogens is 2. The molecule has 0 spiro atoms. The summed E-state index contributed by atoms with van der Waals surface area (Å²) in [5.74, 6) is 0.0592. The Morgan fingerprint density at radius 3 is 2.58 bits per heavy atom. The van der Waals surface area contributed by atoms with Crippen molar-refractivity contribution in [3.8, 4) is 17.1 Å². The molecular weight excluding hydrogens is 463 g/mol. The highest BCUT2D eigenvalue weighted by molar-refractivity contribution is 5.70. The van der Waals surface area contributed by atoms with Crippen molar-refractivity contribution in [3.05, 3.63) is 29.7 Å². The van der Waals surface area contributed by atoms with Crippen LogP contribution in [0.3, 0.4) is 0 Å². The van der Waals surface area contributed by atoms with Crippen molar-refractivity contribution in [1.29, 1.82) is 0 Å². The number of benzene rings is 1. The molecule has 2 heterocycles. The van der Waals surface area contributed by atoms with Gasteiger partial charge in [0, 0.05) is 12.0 Å². The molecule has 1 aromatic carbocycles. The predicted molar refractivity (Wildman–Crippen MR) is 109 cm³/mol. The average Bonchev–Trinajstić information content (AvgIpc) is 3.39. The number of alkyl halides is 3. The van der Waals surface area contributed by atoms with E-state index in [0.717, 1.165) is 38.2 Å². The molecule has 5 N–H and O–H groups in total. The van der Waals surface area contributed by atoms with E-state index in [4.69, 9.17) is 20.7 Å². The molecule has 0 radical (unpaired) electrons. The molecule has 0 bridgehead atoms. The van der Waals surface area contributed by atoms with Crippen LogP contribution in [-0.2, 0) is 6.18 Å². The van der Waals surface area contributed by atoms with Crippen molar-refractivity contribution < 1.29 is 44.5 Å². The second kappa shape index (κ2) is 10.2. The summed E-state index contributed by atoms with van der Waals surface area (Å²) in [6.07, 6.45) is 0.223. The second-order valence-electron chi connectivity index (χ2n) is 8.40. The molecule has 1 aliphatic carbocycles. The summed E-state index contributed by atoms with van der Waals surface area (Å²) < 4.78 is 53.5. The van der Waals surface area contributed by atoms with Crippen LogP contribution in [-0.4, -0.2) is 45.0 Å². The maximum absolute atomic E-state index is 13.7. The van der Waals surface area contributed by atoms with Crippen LogP contribution in [0.5, 0.6) is 5.75 Å². The minimum atomic E-state index is -4.61. The highest BCUT2D eigenvalue weighted by atomic mass is 35.5. The van der Waals surface area contributed by atoms with Crippen LogP contribution < -0.4 is 28.6 Å². The SMILES string of the molecule is NC(N)=[N+]1CC[C@H](O)[C@H]1c1nc(-c2ccc(OCC3CCCCC3)c(C(F)(F)F)c2)no1.[Cl-]. The standard InChI is InChI=1S/C21H26F3N5O3.ClH/c22-21(23,24)14-10-13(6-7-16(14)31-11-12-4-2-1-3-5-12)18-27-19(32-28-18)17-15(30)8-9-29(17)20(25)26;/h6-7,10,12,15,17,30H,1-5,8-9,11H2,(H3,25,26);1H/t15-,17-;/m0./s1. The van der Waals surface area contributed by atoms with E-state index in [1.807, 2.05) is 0 Å². The first-order valence-electron chi connectivity index (χ1n) is 10.7. The summed E-state index contributed by atoms with van der Waals surface area (Å²) in [5, 5.41) is 14.0. The van der Waals surface area contributed by atoms with Gasteiger partial charge in [-0.25, -0.2) is 0 Å². The number of ether oxygens (including phenoxy) is 1. The van der Waals surface area contributed by atoms with Gasteiger partial charge < -0.3 is 26.8 Å². The Bertz CT molecular complexity index is 988. The lowest BCUT2D eigenvalue weighted by atomic mass is 9.90. The van der Waals surface area contributed by atoms with E-state index in [0.29, 0.717) is 13.0 Å². The van der Waals surface area contributed by atoms with Gasteiger partial charge in [-0.15, -0.1) is 0 Å². The minimum Gasteiger partial charge on any atom is -1.00 e. The van der Waals surface area contributed by atoms with Crippen LogP contribution in [0.15, 0.2) is 22.7 Å². The van der Waals surface area contributed by atoms with Gasteiger partial charge in [0.25, 0.3) is 5.89 Å². The Morgan fingerprint density at radius 2 is 1.91 bits per heavy atom. The molecule has 4 rings (SSSR count). The molecule has 0 amide bonds. The lowest BCUT2D eigenvalue weighted by molar-refractivity contribution is -0.560. The van der Waals surface area contributed by atoms with E-state index in [1.165, 1.54) is 16.7 Å². The van der Waals surface area contributed by atoms with E-state index < -0.39 is 23.9 Å². The van der Waals surface area contributed by atoms with Crippen LogP contribution in [0.25, 0.3) is 11.4 Å². The number of hydrogen-bond acceptors (Lipinski definition) is 5. The van der Waals surface area contributed by atoms with Crippen molar-refractivity contribution in [3.63, 3.8) is 0 Å². The second-order valence-corrected chi connectivity index (χ2v) is 8.40. The summed E-state index contributed by atoms with van der Waals surface area (Å²) >= 11 is 0. The monoisotopic (exact) mass is 489 g/mol. The van der Waals surface area contributed by atoms with E-state index in [2.05, 4.69) is 10.1 Å². The molecule has 1 aliphatic heterocycles. The van der Waals surface area contributed by atoms with Gasteiger partial charge in [0.15, 0.2) is 6.04 Å². The van der Waals surface area contributed by atoms with Crippen LogP contribution >= 0.6 is 0 Å². The van der Waals surface area contributed by atoms with E-state index in [-0.39, 0.29) is 53.9 Å². The fraction of sp³-hybridized carbons (Fsp3) is 0.571. The number of aliphatic hydroxyl groups excluding tert-OH is 1. The van der Waals surface area contributed by atoms with Gasteiger partial charge in [0.05, 0.1) is 24.8 Å². The zero-order valence-electron chi connectivity index (χ0n) is 17.9. The van der Waals surface area contributed by atoms with Gasteiger partial charge in [-0.3, -0.25) is 16.0 Å². The summed E-state index contributed by atoms with van der Waals surface area (Å²) in [6.45, 7) is 0.665. The molecule has 0 unspecified atom stereocenters. The summed E-state index contributed by atoms with van der Waals surface area (Å²) in [7, 11) is 0. The quantitative estimate of drug-likeness (QED) is 0.393. The van der Waals surface area contributed by atoms with Crippen molar-refractivity contribution in [1.82, 2.24) is 10.1 Å². The molecule has 2 atom stereocenters. The number of aliphatic hydroxyl groups is 1. The van der Waals surface area contributed by atoms with Gasteiger partial charge in [0.1, 0.15) is 5.75 Å². The molecule has 2 fully saturated rings. The third-order valence-corrected chi connectivity index (χ3v) is 6.13. The summed E-state index contributed by atoms with van der Waals surface area (Å²) in [5.41, 5.74) is 10.5. The molecule has 33 heavy (non-hydrogen) atoms. The minimum absolute atomic E-state index is 0. The molecule has 2 aromatic rings. The van der Waals surface area contributed by atoms with E-state index >= 15 is 0 Å². The number of nitrogens with two attached hydrogens (primary N) is 2. The summed E-state index contributed by atoms with van der Waals surface area (Å²) in [4.78, 5) is 4.21. The Labute approximate surface area is 195 Å². The lowest BCUT2D eigenvalue weighted by Crippen LogP contribution is -3.00. The Kier molecular flexibility index (Phi) is 7.73. The number of nitrogens with zero attached hydrogens (tertiary/aromatic N) is 3. The highest BCUT2D eigenvalue weighted by Gasteiger charge is 2.40. The van der Waals surface area contributed by atoms with Gasteiger partial charge in [0.2, 0.25) is 5.82 Å². The Morgan fingerprint density at radius 1 is 1.18 bits per heavy atom. The molecule has 1 aromatic heterocycles. The smallest absolute Gasteiger partial charge is 0.419 e. The zero-order chi connectivity index (χ0) is 22.9. The largest absolute Gasteiger partial charge is 1.00 e. The van der Waals surface area contributed by atoms with Crippen LogP contribution in [0, 0.1) is 5.92 Å². The van der Waals surface area contributed by atoms with Crippen molar-refractivity contribution in [2.45, 2.75) is 56.8 Å². The molecular formula is C21H27ClF3N5O3. The van der Waals surface area contributed by atoms with Gasteiger partial charge in [-0.1, -0.05) is 24.4 Å². The molecule has 1 saturated carbocycles. The molecule has 12 heteroatoms. The van der Waals surface area contributed by atoms with Crippen LogP contribution in [0.4, 0.5) is 13.2 Å². The number of guanidine groups is 1. The lowest BCUT2D eigenvalue weighted by Gasteiger charge is -2.23. The predicted octanol–water partition coefficient (Wildman–Crippen LogP) is -0.190. The number of rotatable bonds is 5. The van der Waals surface area contributed by atoms with E-state index in [1.54, 1.807) is 0 Å². The molecule has 8 nitrogen and oxygen atoms in total. The van der Waals surface area contributed by atoms with Gasteiger partial charge in [-0.05, 0) is 37.0 Å². The van der Waals surface area contributed by atoms with Crippen molar-refractivity contribution in [2.24, 2.45) is 17.4 Å². The zero-order valence-corrected chi connectivity index (χ0v) is 18.6. The van der Waals surface area contributed by atoms with Gasteiger partial charge >= 0.3 is 12.1 Å². The van der Waals surface area contributed by atoms with Crippen LogP contribution in [0.1, 0.15) is 56.0 Å². The average molecular weight is 490 g/mol. The first-order chi connectivity index (χ1) is 15.2. The van der Waals surface area contributed by atoms with Crippen LogP contribution in [0.2, 0.25) is 0 Å². The first-order valence-corrected chi connectivity index (χ1v) is 10.7. The molecule has 182 valence electrons. The highest BCUT2D eigenvalue weighted by Crippen LogP contribution is 2.39. The number of hydrogen-bond donors (Lipinski definition) is 3. The maximum atomic E-state index is 13.7. The number of halogens is 4. The fourth-order valence-electron chi connectivity index (χ4n) is 4.41. The Hall–Kier alpha value is -2.53. The third kappa shape index (κ3) is 5.52. The fourth-order valence-corrected chi connectivity index (χ4v) is 4.41. The van der Waals surface area contributed by atoms with Gasteiger partial charge in [-0.2, -0.15) is 18.2 Å². The molecule has 2 aliphatic rings. The molecule has 1 saturated heterocycles. The first kappa shape index (κ1) is 25.1. The topological polar surface area (TPSA) is 123 Å². The van der Waals surface area contributed by atoms with E-state index in [9.17, 15) is 18.3 Å². The van der Waals surface area contributed by atoms with Crippen molar-refractivity contribution >= 4 is 5.96 Å². The third-order valence-electron chi connectivity index (χ3n) is 6.13. The van der Waals surface area contributed by atoms with Crippen molar-refractivity contribution in [2.75, 3.05) is 13.2 Å². The summed E-state index contributed by atoms with van der Waals surface area (Å²) in [6, 6.07) is 2.96. The Balaban J connectivity index is 0.00000306.